The predicted molar refractivity (Wildman–Crippen MR) is 96.1 cm³/mol. The molecule has 23 heavy (non-hydrogen) atoms. The third-order valence-electron chi connectivity index (χ3n) is 5.30. The number of likely N-dealkylation sites (tertiary alicyclic amines) is 1. The second-order valence-corrected chi connectivity index (χ2v) is 7.35. The molecule has 1 saturated heterocycles. The molecule has 0 N–H and O–H groups in total. The SMILES string of the molecule is CC(C)N1CCCc2cc(OCCN3CCCCC3)ccc2C1. The number of hydrogen-bond donors (Lipinski definition) is 0. The highest BCUT2D eigenvalue weighted by Crippen LogP contribution is 2.24. The van der Waals surface area contributed by atoms with Crippen LogP contribution in [0.25, 0.3) is 0 Å². The first-order valence-corrected chi connectivity index (χ1v) is 9.43. The van der Waals surface area contributed by atoms with Crippen LogP contribution in [0.4, 0.5) is 0 Å². The van der Waals surface area contributed by atoms with Gasteiger partial charge in [0.25, 0.3) is 0 Å². The first-order chi connectivity index (χ1) is 11.2. The normalized spacial score (nSPS) is 20.3. The molecule has 128 valence electrons. The average molecular weight is 316 g/mol. The molecule has 2 aliphatic rings. The number of benzene rings is 1. The highest BCUT2D eigenvalue weighted by Gasteiger charge is 2.17. The van der Waals surface area contributed by atoms with E-state index in [1.807, 2.05) is 0 Å². The van der Waals surface area contributed by atoms with Crippen molar-refractivity contribution in [3.8, 4) is 5.75 Å². The topological polar surface area (TPSA) is 15.7 Å². The van der Waals surface area contributed by atoms with Crippen molar-refractivity contribution in [1.82, 2.24) is 9.80 Å². The summed E-state index contributed by atoms with van der Waals surface area (Å²) < 4.78 is 6.03. The Bertz CT molecular complexity index is 494. The van der Waals surface area contributed by atoms with Crippen molar-refractivity contribution in [2.75, 3.05) is 32.8 Å². The molecular weight excluding hydrogens is 284 g/mol. The summed E-state index contributed by atoms with van der Waals surface area (Å²) in [7, 11) is 0. The van der Waals surface area contributed by atoms with Gasteiger partial charge in [-0.1, -0.05) is 12.5 Å². The van der Waals surface area contributed by atoms with Crippen molar-refractivity contribution in [3.05, 3.63) is 29.3 Å². The molecule has 1 aromatic carbocycles. The van der Waals surface area contributed by atoms with E-state index in [4.69, 9.17) is 4.74 Å². The molecule has 3 rings (SSSR count). The molecule has 2 aliphatic heterocycles. The molecule has 0 aliphatic carbocycles. The van der Waals surface area contributed by atoms with E-state index in [1.165, 1.54) is 62.9 Å². The number of hydrogen-bond acceptors (Lipinski definition) is 3. The average Bonchev–Trinajstić information content (AvgIpc) is 2.78. The van der Waals surface area contributed by atoms with Crippen molar-refractivity contribution < 1.29 is 4.74 Å². The van der Waals surface area contributed by atoms with E-state index < -0.39 is 0 Å². The molecule has 3 nitrogen and oxygen atoms in total. The van der Waals surface area contributed by atoms with Gasteiger partial charge in [0.15, 0.2) is 0 Å². The number of ether oxygens (including phenoxy) is 1. The van der Waals surface area contributed by atoms with Crippen LogP contribution in [0.1, 0.15) is 50.7 Å². The van der Waals surface area contributed by atoms with Gasteiger partial charge in [0.2, 0.25) is 0 Å². The first-order valence-electron chi connectivity index (χ1n) is 9.43. The standard InChI is InChI=1S/C20H32N2O/c1-17(2)22-12-6-7-18-15-20(9-8-19(18)16-22)23-14-13-21-10-4-3-5-11-21/h8-9,15,17H,3-7,10-14,16H2,1-2H3. The van der Waals surface area contributed by atoms with Gasteiger partial charge in [-0.2, -0.15) is 0 Å². The Labute approximate surface area is 141 Å². The van der Waals surface area contributed by atoms with E-state index in [0.29, 0.717) is 6.04 Å². The number of nitrogens with zero attached hydrogens (tertiary/aromatic N) is 2. The Morgan fingerprint density at radius 2 is 1.83 bits per heavy atom. The van der Waals surface area contributed by atoms with Gasteiger partial charge in [0.05, 0.1) is 0 Å². The largest absolute Gasteiger partial charge is 0.492 e. The van der Waals surface area contributed by atoms with Gasteiger partial charge in [-0.05, 0) is 82.4 Å². The Morgan fingerprint density at radius 1 is 1.00 bits per heavy atom. The highest BCUT2D eigenvalue weighted by molar-refractivity contribution is 5.36. The summed E-state index contributed by atoms with van der Waals surface area (Å²) in [6.45, 7) is 11.3. The van der Waals surface area contributed by atoms with E-state index in [1.54, 1.807) is 0 Å². The lowest BCUT2D eigenvalue weighted by Gasteiger charge is -2.26. The van der Waals surface area contributed by atoms with Crippen LogP contribution < -0.4 is 4.74 Å². The summed E-state index contributed by atoms with van der Waals surface area (Å²) in [6.07, 6.45) is 6.54. The van der Waals surface area contributed by atoms with E-state index in [9.17, 15) is 0 Å². The molecule has 0 bridgehead atoms. The van der Waals surface area contributed by atoms with Gasteiger partial charge < -0.3 is 4.74 Å². The van der Waals surface area contributed by atoms with E-state index in [2.05, 4.69) is 41.8 Å². The molecule has 0 spiro atoms. The van der Waals surface area contributed by atoms with Crippen LogP contribution in [0.5, 0.6) is 5.75 Å². The van der Waals surface area contributed by atoms with Crippen molar-refractivity contribution in [3.63, 3.8) is 0 Å². The maximum atomic E-state index is 6.03. The van der Waals surface area contributed by atoms with Crippen LogP contribution >= 0.6 is 0 Å². The lowest BCUT2D eigenvalue weighted by molar-refractivity contribution is 0.183. The van der Waals surface area contributed by atoms with Crippen molar-refractivity contribution >= 4 is 0 Å². The summed E-state index contributed by atoms with van der Waals surface area (Å²) in [4.78, 5) is 5.11. The van der Waals surface area contributed by atoms with Crippen molar-refractivity contribution in [2.24, 2.45) is 0 Å². The van der Waals surface area contributed by atoms with Crippen LogP contribution in [0.3, 0.4) is 0 Å². The molecule has 1 fully saturated rings. The monoisotopic (exact) mass is 316 g/mol. The highest BCUT2D eigenvalue weighted by atomic mass is 16.5. The van der Waals surface area contributed by atoms with Crippen LogP contribution in [0, 0.1) is 0 Å². The van der Waals surface area contributed by atoms with Crippen LogP contribution in [0.2, 0.25) is 0 Å². The zero-order valence-corrected chi connectivity index (χ0v) is 14.9. The first kappa shape index (κ1) is 16.8. The quantitative estimate of drug-likeness (QED) is 0.823. The summed E-state index contributed by atoms with van der Waals surface area (Å²) in [6, 6.07) is 7.36. The number of fused-ring (bicyclic) bond motifs is 1. The Hall–Kier alpha value is -1.06. The van der Waals surface area contributed by atoms with Crippen LogP contribution in [-0.2, 0) is 13.0 Å². The fourth-order valence-electron chi connectivity index (χ4n) is 3.77. The summed E-state index contributed by atoms with van der Waals surface area (Å²) in [5, 5.41) is 0. The lowest BCUT2D eigenvalue weighted by atomic mass is 10.0. The van der Waals surface area contributed by atoms with Crippen molar-refractivity contribution in [2.45, 2.75) is 58.5 Å². The van der Waals surface area contributed by atoms with E-state index in [0.717, 1.165) is 25.4 Å². The minimum atomic E-state index is 0.626. The van der Waals surface area contributed by atoms with Gasteiger partial charge in [0, 0.05) is 19.1 Å². The second-order valence-electron chi connectivity index (χ2n) is 7.35. The smallest absolute Gasteiger partial charge is 0.119 e. The van der Waals surface area contributed by atoms with E-state index >= 15 is 0 Å². The molecule has 0 amide bonds. The van der Waals surface area contributed by atoms with Gasteiger partial charge >= 0.3 is 0 Å². The van der Waals surface area contributed by atoms with Gasteiger partial charge in [-0.25, -0.2) is 0 Å². The van der Waals surface area contributed by atoms with Crippen molar-refractivity contribution in [1.29, 1.82) is 0 Å². The molecule has 0 saturated carbocycles. The number of piperidine rings is 1. The number of aryl methyl sites for hydroxylation is 1. The van der Waals surface area contributed by atoms with Crippen LogP contribution in [-0.4, -0.2) is 48.6 Å². The fraction of sp³-hybridized carbons (Fsp3) is 0.700. The number of rotatable bonds is 5. The Kier molecular flexibility index (Phi) is 5.96. The maximum Gasteiger partial charge on any atom is 0.119 e. The third-order valence-corrected chi connectivity index (χ3v) is 5.30. The fourth-order valence-corrected chi connectivity index (χ4v) is 3.77. The maximum absolute atomic E-state index is 6.03. The minimum absolute atomic E-state index is 0.626. The minimum Gasteiger partial charge on any atom is -0.492 e. The van der Waals surface area contributed by atoms with Crippen LogP contribution in [0.15, 0.2) is 18.2 Å². The molecular formula is C20H32N2O. The Morgan fingerprint density at radius 3 is 2.61 bits per heavy atom. The molecule has 0 unspecified atom stereocenters. The molecule has 1 aromatic rings. The summed E-state index contributed by atoms with van der Waals surface area (Å²) in [5.41, 5.74) is 2.98. The van der Waals surface area contributed by atoms with Gasteiger partial charge in [-0.3, -0.25) is 9.80 Å². The Balaban J connectivity index is 1.54. The predicted octanol–water partition coefficient (Wildman–Crippen LogP) is 3.71. The molecule has 0 aromatic heterocycles. The molecule has 2 heterocycles. The third kappa shape index (κ3) is 4.71. The molecule has 3 heteroatoms. The second kappa shape index (κ2) is 8.16. The lowest BCUT2D eigenvalue weighted by Crippen LogP contribution is -2.33. The van der Waals surface area contributed by atoms with E-state index in [-0.39, 0.29) is 0 Å². The summed E-state index contributed by atoms with van der Waals surface area (Å²) in [5.74, 6) is 1.05. The molecule has 0 radical (unpaired) electrons. The summed E-state index contributed by atoms with van der Waals surface area (Å²) >= 11 is 0. The zero-order chi connectivity index (χ0) is 16.1. The van der Waals surface area contributed by atoms with Gasteiger partial charge in [-0.15, -0.1) is 0 Å². The zero-order valence-electron chi connectivity index (χ0n) is 14.9. The molecule has 0 atom stereocenters. The van der Waals surface area contributed by atoms with Gasteiger partial charge in [0.1, 0.15) is 12.4 Å².